The highest BCUT2D eigenvalue weighted by atomic mass is 79.9. The quantitative estimate of drug-likeness (QED) is 0.174. The lowest BCUT2D eigenvalue weighted by Crippen LogP contribution is -2.30. The van der Waals surface area contributed by atoms with Crippen molar-refractivity contribution < 1.29 is 19.1 Å². The highest BCUT2D eigenvalue weighted by Crippen LogP contribution is 2.31. The summed E-state index contributed by atoms with van der Waals surface area (Å²) in [4.78, 5) is 24.2. The van der Waals surface area contributed by atoms with Crippen LogP contribution in [0, 0.1) is 0 Å². The van der Waals surface area contributed by atoms with Gasteiger partial charge in [-0.05, 0) is 105 Å². The zero-order chi connectivity index (χ0) is 27.9. The lowest BCUT2D eigenvalue weighted by atomic mass is 9.99. The molecule has 2 amide bonds. The van der Waals surface area contributed by atoms with E-state index in [2.05, 4.69) is 82.3 Å². The Bertz CT molecular complexity index is 950. The van der Waals surface area contributed by atoms with Crippen LogP contribution in [-0.2, 0) is 9.59 Å². The number of ether oxygens (including phenoxy) is 2. The van der Waals surface area contributed by atoms with Crippen LogP contribution >= 0.6 is 31.9 Å². The molecule has 38 heavy (non-hydrogen) atoms. The fourth-order valence-electron chi connectivity index (χ4n) is 3.80. The molecular weight excluding hydrogens is 612 g/mol. The van der Waals surface area contributed by atoms with E-state index in [0.29, 0.717) is 36.4 Å². The first-order valence-electron chi connectivity index (χ1n) is 13.6. The first kappa shape index (κ1) is 32.2. The second kappa shape index (κ2) is 17.5. The van der Waals surface area contributed by atoms with E-state index in [1.54, 1.807) is 0 Å². The molecule has 0 aliphatic carbocycles. The van der Waals surface area contributed by atoms with Gasteiger partial charge in [0, 0.05) is 13.1 Å². The van der Waals surface area contributed by atoms with Crippen LogP contribution in [0.1, 0.15) is 89.2 Å². The maximum Gasteiger partial charge on any atom is 0.257 e. The Morgan fingerprint density at radius 3 is 1.45 bits per heavy atom. The molecule has 2 atom stereocenters. The summed E-state index contributed by atoms with van der Waals surface area (Å²) in [5, 5.41) is 5.80. The van der Waals surface area contributed by atoms with Gasteiger partial charge < -0.3 is 20.1 Å². The fraction of sp³-hybridized carbons (Fsp3) is 0.533. The van der Waals surface area contributed by atoms with Gasteiger partial charge in [-0.2, -0.15) is 0 Å². The van der Waals surface area contributed by atoms with Gasteiger partial charge in [-0.3, -0.25) is 9.59 Å². The Hall–Kier alpha value is -2.06. The van der Waals surface area contributed by atoms with Crippen LogP contribution in [-0.4, -0.2) is 38.1 Å². The van der Waals surface area contributed by atoms with Crippen molar-refractivity contribution in [2.24, 2.45) is 0 Å². The van der Waals surface area contributed by atoms with Gasteiger partial charge in [-0.15, -0.1) is 0 Å². The standard InChI is InChI=1S/C30H42Br2N2O4/c1-5-21(3)23-11-13-27(25(31)17-23)37-19-29(35)33-15-9-7-8-10-16-34-30(36)20-38-28-14-12-24(18-26(28)32)22(4)6-2/h11-14,17-18,21-22H,5-10,15-16,19-20H2,1-4H3,(H,33,35)(H,34,36). The van der Waals surface area contributed by atoms with Crippen LogP contribution in [0.5, 0.6) is 11.5 Å². The Balaban J connectivity index is 1.51. The molecule has 6 nitrogen and oxygen atoms in total. The zero-order valence-corrected chi connectivity index (χ0v) is 26.3. The number of unbranched alkanes of at least 4 members (excludes halogenated alkanes) is 3. The Morgan fingerprint density at radius 2 is 1.11 bits per heavy atom. The van der Waals surface area contributed by atoms with Crippen LogP contribution in [0.25, 0.3) is 0 Å². The SMILES string of the molecule is CCC(C)c1ccc(OCC(=O)NCCCCCCNC(=O)COc2ccc(C(C)CC)cc2Br)c(Br)c1. The predicted molar refractivity (Wildman–Crippen MR) is 161 cm³/mol. The number of benzene rings is 2. The maximum atomic E-state index is 12.1. The number of carbonyl (C=O) groups excluding carboxylic acids is 2. The molecule has 8 heteroatoms. The van der Waals surface area contributed by atoms with Gasteiger partial charge in [0.15, 0.2) is 13.2 Å². The molecule has 0 saturated carbocycles. The number of hydrogen-bond acceptors (Lipinski definition) is 4. The summed E-state index contributed by atoms with van der Waals surface area (Å²) in [6, 6.07) is 12.0. The molecule has 2 aromatic carbocycles. The number of hydrogen-bond donors (Lipinski definition) is 2. The maximum absolute atomic E-state index is 12.1. The van der Waals surface area contributed by atoms with E-state index in [-0.39, 0.29) is 25.0 Å². The summed E-state index contributed by atoms with van der Waals surface area (Å²) in [7, 11) is 0. The Labute approximate surface area is 244 Å². The lowest BCUT2D eigenvalue weighted by Gasteiger charge is -2.13. The number of nitrogens with one attached hydrogen (secondary N) is 2. The van der Waals surface area contributed by atoms with Crippen molar-refractivity contribution in [1.29, 1.82) is 0 Å². The van der Waals surface area contributed by atoms with Crippen LogP contribution in [0.4, 0.5) is 0 Å². The first-order valence-corrected chi connectivity index (χ1v) is 15.2. The van der Waals surface area contributed by atoms with Crippen LogP contribution in [0.2, 0.25) is 0 Å². The van der Waals surface area contributed by atoms with Crippen molar-refractivity contribution >= 4 is 43.7 Å². The molecular formula is C30H42Br2N2O4. The minimum atomic E-state index is -0.128. The van der Waals surface area contributed by atoms with Gasteiger partial charge in [-0.1, -0.05) is 52.7 Å². The van der Waals surface area contributed by atoms with Gasteiger partial charge in [0.25, 0.3) is 11.8 Å². The van der Waals surface area contributed by atoms with Crippen molar-refractivity contribution in [3.63, 3.8) is 0 Å². The molecule has 0 aliphatic rings. The molecule has 0 bridgehead atoms. The molecule has 0 fully saturated rings. The largest absolute Gasteiger partial charge is 0.483 e. The summed E-state index contributed by atoms with van der Waals surface area (Å²) in [6.45, 7) is 9.92. The summed E-state index contributed by atoms with van der Waals surface area (Å²) >= 11 is 7.07. The van der Waals surface area contributed by atoms with Gasteiger partial charge in [-0.25, -0.2) is 0 Å². The van der Waals surface area contributed by atoms with E-state index in [9.17, 15) is 9.59 Å². The van der Waals surface area contributed by atoms with Crippen molar-refractivity contribution in [2.75, 3.05) is 26.3 Å². The van der Waals surface area contributed by atoms with E-state index < -0.39 is 0 Å². The Kier molecular flexibility index (Phi) is 14.8. The molecule has 0 saturated heterocycles. The average Bonchev–Trinajstić information content (AvgIpc) is 2.91. The van der Waals surface area contributed by atoms with Crippen molar-refractivity contribution in [3.8, 4) is 11.5 Å². The number of halogens is 2. The highest BCUT2D eigenvalue weighted by Gasteiger charge is 2.10. The fourth-order valence-corrected chi connectivity index (χ4v) is 4.82. The summed E-state index contributed by atoms with van der Waals surface area (Å²) in [5.41, 5.74) is 2.50. The molecule has 2 unspecified atom stereocenters. The topological polar surface area (TPSA) is 76.7 Å². The Morgan fingerprint density at radius 1 is 0.711 bits per heavy atom. The van der Waals surface area contributed by atoms with Crippen LogP contribution in [0.3, 0.4) is 0 Å². The highest BCUT2D eigenvalue weighted by molar-refractivity contribution is 9.10. The van der Waals surface area contributed by atoms with Crippen molar-refractivity contribution in [2.45, 2.75) is 78.1 Å². The minimum absolute atomic E-state index is 0.00599. The van der Waals surface area contributed by atoms with Crippen LogP contribution in [0.15, 0.2) is 45.3 Å². The molecule has 2 aromatic rings. The molecule has 2 rings (SSSR count). The molecule has 0 aromatic heterocycles. The molecule has 0 radical (unpaired) electrons. The third-order valence-corrected chi connectivity index (χ3v) is 7.98. The smallest absolute Gasteiger partial charge is 0.257 e. The average molecular weight is 654 g/mol. The summed E-state index contributed by atoms with van der Waals surface area (Å²) in [6.07, 6.45) is 5.88. The first-order chi connectivity index (χ1) is 18.2. The molecule has 0 spiro atoms. The second-order valence-electron chi connectivity index (χ2n) is 9.69. The third-order valence-electron chi connectivity index (χ3n) is 6.74. The molecule has 0 aliphatic heterocycles. The van der Waals surface area contributed by atoms with Gasteiger partial charge >= 0.3 is 0 Å². The summed E-state index contributed by atoms with van der Waals surface area (Å²) < 4.78 is 13.1. The van der Waals surface area contributed by atoms with E-state index in [4.69, 9.17) is 9.47 Å². The van der Waals surface area contributed by atoms with E-state index in [1.807, 2.05) is 24.3 Å². The minimum Gasteiger partial charge on any atom is -0.483 e. The van der Waals surface area contributed by atoms with Gasteiger partial charge in [0.05, 0.1) is 8.95 Å². The van der Waals surface area contributed by atoms with E-state index in [0.717, 1.165) is 47.5 Å². The normalized spacial score (nSPS) is 12.5. The number of rotatable bonds is 17. The number of amides is 2. The summed E-state index contributed by atoms with van der Waals surface area (Å²) in [5.74, 6) is 2.06. The lowest BCUT2D eigenvalue weighted by molar-refractivity contribution is -0.123. The predicted octanol–water partition coefficient (Wildman–Crippen LogP) is 7.49. The third kappa shape index (κ3) is 11.4. The van der Waals surface area contributed by atoms with E-state index in [1.165, 1.54) is 11.1 Å². The molecule has 0 heterocycles. The molecule has 2 N–H and O–H groups in total. The van der Waals surface area contributed by atoms with E-state index >= 15 is 0 Å². The van der Waals surface area contributed by atoms with Gasteiger partial charge in [0.1, 0.15) is 11.5 Å². The second-order valence-corrected chi connectivity index (χ2v) is 11.4. The van der Waals surface area contributed by atoms with Gasteiger partial charge in [0.2, 0.25) is 0 Å². The van der Waals surface area contributed by atoms with Crippen molar-refractivity contribution in [1.82, 2.24) is 10.6 Å². The zero-order valence-electron chi connectivity index (χ0n) is 23.1. The monoisotopic (exact) mass is 652 g/mol. The van der Waals surface area contributed by atoms with Crippen LogP contribution < -0.4 is 20.1 Å². The number of carbonyl (C=O) groups is 2. The van der Waals surface area contributed by atoms with Crippen molar-refractivity contribution in [3.05, 3.63) is 56.5 Å². The molecule has 210 valence electrons.